The van der Waals surface area contributed by atoms with Crippen LogP contribution in [-0.2, 0) is 14.4 Å². The number of rotatable bonds is 15. The lowest BCUT2D eigenvalue weighted by molar-refractivity contribution is 0.332. The van der Waals surface area contributed by atoms with Gasteiger partial charge in [-0.15, -0.1) is 0 Å². The molecule has 20 heavy (non-hydrogen) atoms. The van der Waals surface area contributed by atoms with E-state index in [1.807, 2.05) is 0 Å². The van der Waals surface area contributed by atoms with Gasteiger partial charge in [0.25, 0.3) is 10.1 Å². The minimum Gasteiger partial charge on any atom is -0.198 e. The fourth-order valence-electron chi connectivity index (χ4n) is 2.34. The Balaban J connectivity index is 3.10. The minimum atomic E-state index is -3.46. The summed E-state index contributed by atoms with van der Waals surface area (Å²) in [5.41, 5.74) is 0. The van der Waals surface area contributed by atoms with Gasteiger partial charge in [-0.05, 0) is 6.42 Å². The van der Waals surface area contributed by atoms with Crippen molar-refractivity contribution in [3.8, 4) is 0 Å². The average Bonchev–Trinajstić information content (AvgIpc) is 2.44. The van der Waals surface area contributed by atoms with Crippen molar-refractivity contribution < 1.29 is 12.7 Å². The molecular formula is C15H33NO3S. The molecule has 0 aromatic rings. The Morgan fingerprint density at radius 3 is 1.40 bits per heavy atom. The molecule has 4 nitrogen and oxygen atoms in total. The predicted octanol–water partition coefficient (Wildman–Crippen LogP) is 4.30. The van der Waals surface area contributed by atoms with Gasteiger partial charge in [-0.1, -0.05) is 84.0 Å². The molecule has 0 saturated heterocycles. The van der Waals surface area contributed by atoms with Crippen LogP contribution in [0.25, 0.3) is 0 Å². The van der Waals surface area contributed by atoms with E-state index in [2.05, 4.69) is 17.1 Å². The number of nitrogens with two attached hydrogens (primary N) is 1. The van der Waals surface area contributed by atoms with Crippen molar-refractivity contribution in [1.82, 2.24) is 0 Å². The largest absolute Gasteiger partial charge is 0.283 e. The molecule has 0 fully saturated rings. The highest BCUT2D eigenvalue weighted by molar-refractivity contribution is 7.86. The first-order valence-corrected chi connectivity index (χ1v) is 9.81. The van der Waals surface area contributed by atoms with E-state index in [1.165, 1.54) is 64.2 Å². The summed E-state index contributed by atoms with van der Waals surface area (Å²) in [4.78, 5) is 0. The first kappa shape index (κ1) is 19.9. The van der Waals surface area contributed by atoms with Gasteiger partial charge in [0, 0.05) is 0 Å². The standard InChI is InChI=1S/C15H33NO3S/c1-2-3-4-5-6-7-8-9-10-11-12-13-14-15-20(17,18)19-16/h2-16H2,1H3. The lowest BCUT2D eigenvalue weighted by Gasteiger charge is -2.03. The normalized spacial score (nSPS) is 11.9. The molecule has 0 aromatic heterocycles. The minimum absolute atomic E-state index is 0.0429. The fraction of sp³-hybridized carbons (Fsp3) is 1.00. The summed E-state index contributed by atoms with van der Waals surface area (Å²) in [6.45, 7) is 2.25. The Kier molecular flexibility index (Phi) is 13.7. The van der Waals surface area contributed by atoms with E-state index in [0.29, 0.717) is 6.42 Å². The quantitative estimate of drug-likeness (QED) is 0.362. The van der Waals surface area contributed by atoms with Gasteiger partial charge in [0.05, 0.1) is 5.75 Å². The van der Waals surface area contributed by atoms with E-state index in [0.717, 1.165) is 12.8 Å². The summed E-state index contributed by atoms with van der Waals surface area (Å²) in [5, 5.41) is 0. The van der Waals surface area contributed by atoms with Gasteiger partial charge in [0.2, 0.25) is 0 Å². The maximum Gasteiger partial charge on any atom is 0.283 e. The molecule has 0 saturated carbocycles. The maximum atomic E-state index is 11.0. The zero-order chi connectivity index (χ0) is 15.1. The molecule has 0 spiro atoms. The smallest absolute Gasteiger partial charge is 0.198 e. The fourth-order valence-corrected chi connectivity index (χ4v) is 3.00. The van der Waals surface area contributed by atoms with Crippen molar-refractivity contribution in [2.24, 2.45) is 5.90 Å². The van der Waals surface area contributed by atoms with Crippen LogP contribution in [-0.4, -0.2) is 14.2 Å². The van der Waals surface area contributed by atoms with Gasteiger partial charge in [-0.3, -0.25) is 0 Å². The average molecular weight is 308 g/mol. The van der Waals surface area contributed by atoms with Gasteiger partial charge in [-0.2, -0.15) is 18.6 Å². The second-order valence-corrected chi connectivity index (χ2v) is 7.32. The van der Waals surface area contributed by atoms with Crippen molar-refractivity contribution in [3.05, 3.63) is 0 Å². The summed E-state index contributed by atoms with van der Waals surface area (Å²) in [6.07, 6.45) is 16.1. The first-order valence-electron chi connectivity index (χ1n) is 8.23. The summed E-state index contributed by atoms with van der Waals surface area (Å²) < 4.78 is 25.8. The van der Waals surface area contributed by atoms with Gasteiger partial charge in [0.15, 0.2) is 0 Å². The topological polar surface area (TPSA) is 69.4 Å². The maximum absolute atomic E-state index is 11.0. The second kappa shape index (κ2) is 13.8. The van der Waals surface area contributed by atoms with Gasteiger partial charge < -0.3 is 0 Å². The second-order valence-electron chi connectivity index (χ2n) is 5.60. The lowest BCUT2D eigenvalue weighted by Crippen LogP contribution is -2.14. The van der Waals surface area contributed by atoms with Crippen LogP contribution in [0.5, 0.6) is 0 Å². The molecule has 0 rings (SSSR count). The van der Waals surface area contributed by atoms with Crippen molar-refractivity contribution in [1.29, 1.82) is 0 Å². The Bertz CT molecular complexity index is 291. The zero-order valence-corrected chi connectivity index (χ0v) is 13.9. The summed E-state index contributed by atoms with van der Waals surface area (Å²) >= 11 is 0. The van der Waals surface area contributed by atoms with Gasteiger partial charge >= 0.3 is 0 Å². The molecule has 0 heterocycles. The zero-order valence-electron chi connectivity index (χ0n) is 13.1. The summed E-state index contributed by atoms with van der Waals surface area (Å²) in [7, 11) is -3.46. The van der Waals surface area contributed by atoms with E-state index in [-0.39, 0.29) is 5.75 Å². The number of hydrogen-bond donors (Lipinski definition) is 1. The molecule has 0 aromatic carbocycles. The van der Waals surface area contributed by atoms with Crippen LogP contribution in [0.3, 0.4) is 0 Å². The highest BCUT2D eigenvalue weighted by Crippen LogP contribution is 2.12. The Morgan fingerprint density at radius 2 is 1.05 bits per heavy atom. The van der Waals surface area contributed by atoms with E-state index in [9.17, 15) is 8.42 Å². The molecule has 122 valence electrons. The van der Waals surface area contributed by atoms with Crippen LogP contribution in [0.4, 0.5) is 0 Å². The molecule has 0 atom stereocenters. The third kappa shape index (κ3) is 14.3. The molecule has 2 N–H and O–H groups in total. The molecule has 0 radical (unpaired) electrons. The predicted molar refractivity (Wildman–Crippen MR) is 84.8 cm³/mol. The monoisotopic (exact) mass is 307 g/mol. The number of hydrogen-bond acceptors (Lipinski definition) is 4. The van der Waals surface area contributed by atoms with Crippen molar-refractivity contribution in [3.63, 3.8) is 0 Å². The Hall–Kier alpha value is -0.130. The van der Waals surface area contributed by atoms with E-state index in [1.54, 1.807) is 0 Å². The van der Waals surface area contributed by atoms with Crippen LogP contribution < -0.4 is 5.90 Å². The molecule has 0 bridgehead atoms. The van der Waals surface area contributed by atoms with Crippen molar-refractivity contribution in [2.45, 2.75) is 90.4 Å². The number of unbranched alkanes of at least 4 members (excludes halogenated alkanes) is 12. The molecular weight excluding hydrogens is 274 g/mol. The summed E-state index contributed by atoms with van der Waals surface area (Å²) in [5.74, 6) is 4.71. The van der Waals surface area contributed by atoms with Gasteiger partial charge in [0.1, 0.15) is 0 Å². The van der Waals surface area contributed by atoms with Crippen LogP contribution in [0.2, 0.25) is 0 Å². The molecule has 0 unspecified atom stereocenters. The molecule has 0 aliphatic carbocycles. The molecule has 0 amide bonds. The third-order valence-corrected chi connectivity index (χ3v) is 4.73. The Labute approximate surface area is 125 Å². The summed E-state index contributed by atoms with van der Waals surface area (Å²) in [6, 6.07) is 0. The Morgan fingerprint density at radius 1 is 0.700 bits per heavy atom. The lowest BCUT2D eigenvalue weighted by atomic mass is 10.1. The molecule has 5 heteroatoms. The van der Waals surface area contributed by atoms with E-state index >= 15 is 0 Å². The third-order valence-electron chi connectivity index (χ3n) is 3.64. The van der Waals surface area contributed by atoms with Gasteiger partial charge in [-0.25, -0.2) is 0 Å². The van der Waals surface area contributed by atoms with Crippen LogP contribution in [0.15, 0.2) is 0 Å². The van der Waals surface area contributed by atoms with E-state index < -0.39 is 10.1 Å². The van der Waals surface area contributed by atoms with Crippen molar-refractivity contribution >= 4 is 10.1 Å². The highest BCUT2D eigenvalue weighted by Gasteiger charge is 2.07. The van der Waals surface area contributed by atoms with Crippen LogP contribution in [0.1, 0.15) is 90.4 Å². The highest BCUT2D eigenvalue weighted by atomic mass is 32.2. The molecule has 0 aliphatic rings. The first-order chi connectivity index (χ1) is 9.62. The molecule has 0 aliphatic heterocycles. The van der Waals surface area contributed by atoms with Crippen LogP contribution in [0, 0.1) is 0 Å². The SMILES string of the molecule is CCCCCCCCCCCCCCCS(=O)(=O)ON. The van der Waals surface area contributed by atoms with Crippen LogP contribution >= 0.6 is 0 Å². The van der Waals surface area contributed by atoms with E-state index in [4.69, 9.17) is 0 Å². The van der Waals surface area contributed by atoms with Crippen molar-refractivity contribution in [2.75, 3.05) is 5.75 Å².